The molecular weight excluding hydrogens is 502 g/mol. The number of hydrogen-bond acceptors (Lipinski definition) is 5. The van der Waals surface area contributed by atoms with Crippen molar-refractivity contribution in [3.05, 3.63) is 83.9 Å². The number of sulfonamides is 1. The molecule has 0 fully saturated rings. The maximum absolute atomic E-state index is 12.7. The topological polar surface area (TPSA) is 105 Å². The van der Waals surface area contributed by atoms with Gasteiger partial charge in [0.15, 0.2) is 0 Å². The average Bonchev–Trinajstić information content (AvgIpc) is 2.85. The maximum Gasteiger partial charge on any atom is 0.255 e. The minimum absolute atomic E-state index is 0.000954. The van der Waals surface area contributed by atoms with Gasteiger partial charge < -0.3 is 15.4 Å². The molecule has 2 amide bonds. The van der Waals surface area contributed by atoms with Crippen molar-refractivity contribution in [2.45, 2.75) is 39.0 Å². The van der Waals surface area contributed by atoms with E-state index in [4.69, 9.17) is 4.74 Å². The van der Waals surface area contributed by atoms with E-state index in [1.165, 1.54) is 11.4 Å². The van der Waals surface area contributed by atoms with Gasteiger partial charge in [0, 0.05) is 29.9 Å². The number of carbonyl (C=O) groups excluding carboxylic acids is 2. The molecule has 0 aliphatic heterocycles. The minimum atomic E-state index is -3.58. The number of methoxy groups -OCH3 is 1. The third kappa shape index (κ3) is 7.82. The quantitative estimate of drug-likeness (QED) is 0.359. The number of carbonyl (C=O) groups is 2. The summed E-state index contributed by atoms with van der Waals surface area (Å²) in [6, 6.07) is 21.2. The number of benzene rings is 3. The lowest BCUT2D eigenvalue weighted by atomic mass is 9.87. The molecule has 0 aromatic heterocycles. The highest BCUT2D eigenvalue weighted by molar-refractivity contribution is 7.92. The van der Waals surface area contributed by atoms with Gasteiger partial charge in [-0.25, -0.2) is 8.42 Å². The molecule has 9 heteroatoms. The normalized spacial score (nSPS) is 11.5. The molecular formula is C29H35N3O5S. The summed E-state index contributed by atoms with van der Waals surface area (Å²) in [7, 11) is -2.10. The Morgan fingerprint density at radius 2 is 1.53 bits per heavy atom. The lowest BCUT2D eigenvalue weighted by molar-refractivity contribution is -0.116. The smallest absolute Gasteiger partial charge is 0.255 e. The summed E-state index contributed by atoms with van der Waals surface area (Å²) in [5.74, 6) is -0.0720. The van der Waals surface area contributed by atoms with Crippen LogP contribution in [0, 0.1) is 0 Å². The molecule has 0 aliphatic rings. The van der Waals surface area contributed by atoms with Gasteiger partial charge in [0.1, 0.15) is 5.75 Å². The summed E-state index contributed by atoms with van der Waals surface area (Å²) in [6.45, 7) is 6.47. The van der Waals surface area contributed by atoms with Crippen LogP contribution in [-0.2, 0) is 20.2 Å². The summed E-state index contributed by atoms with van der Waals surface area (Å²) in [6.07, 6.45) is 1.54. The van der Waals surface area contributed by atoms with Crippen molar-refractivity contribution < 1.29 is 22.7 Å². The van der Waals surface area contributed by atoms with Gasteiger partial charge in [-0.1, -0.05) is 51.1 Å². The standard InChI is InChI=1S/C29H35N3O5S/c1-29(2,3)22-17-15-21(16-18-22)28(34)31-24-11-8-10-23(20-24)30-27(33)14-9-19-32(38(5,35)36)25-12-6-7-13-26(25)37-4/h6-8,10-13,15-18,20H,9,14,19H2,1-5H3,(H,30,33)(H,31,34). The molecule has 0 radical (unpaired) electrons. The lowest BCUT2D eigenvalue weighted by Gasteiger charge is -2.24. The van der Waals surface area contributed by atoms with Crippen LogP contribution < -0.4 is 19.7 Å². The second-order valence-corrected chi connectivity index (χ2v) is 11.9. The molecule has 8 nitrogen and oxygen atoms in total. The molecule has 2 N–H and O–H groups in total. The summed E-state index contributed by atoms with van der Waals surface area (Å²) in [5, 5.41) is 5.67. The van der Waals surface area contributed by atoms with Crippen LogP contribution in [0.1, 0.15) is 49.5 Å². The number of ether oxygens (including phenoxy) is 1. The number of nitrogens with one attached hydrogen (secondary N) is 2. The Morgan fingerprint density at radius 1 is 0.895 bits per heavy atom. The molecule has 0 unspecified atom stereocenters. The van der Waals surface area contributed by atoms with Crippen molar-refractivity contribution in [2.75, 3.05) is 34.8 Å². The zero-order chi connectivity index (χ0) is 27.9. The van der Waals surface area contributed by atoms with Crippen molar-refractivity contribution in [1.29, 1.82) is 0 Å². The summed E-state index contributed by atoms with van der Waals surface area (Å²) < 4.78 is 31.3. The third-order valence-corrected chi connectivity index (χ3v) is 7.12. The Balaban J connectivity index is 1.58. The number of hydrogen-bond donors (Lipinski definition) is 2. The fourth-order valence-electron chi connectivity index (χ4n) is 3.91. The van der Waals surface area contributed by atoms with E-state index in [1.54, 1.807) is 60.7 Å². The van der Waals surface area contributed by atoms with Crippen LogP contribution in [0.15, 0.2) is 72.8 Å². The minimum Gasteiger partial charge on any atom is -0.495 e. The summed E-state index contributed by atoms with van der Waals surface area (Å²) in [5.41, 5.74) is 3.18. The summed E-state index contributed by atoms with van der Waals surface area (Å²) in [4.78, 5) is 25.3. The molecule has 0 heterocycles. The molecule has 0 spiro atoms. The number of nitrogens with zero attached hydrogens (tertiary/aromatic N) is 1. The van der Waals surface area contributed by atoms with E-state index < -0.39 is 10.0 Å². The number of anilines is 3. The first kappa shape index (κ1) is 28.7. The Bertz CT molecular complexity index is 1380. The highest BCUT2D eigenvalue weighted by Gasteiger charge is 2.21. The maximum atomic E-state index is 12.7. The zero-order valence-electron chi connectivity index (χ0n) is 22.4. The van der Waals surface area contributed by atoms with E-state index in [0.717, 1.165) is 11.8 Å². The van der Waals surface area contributed by atoms with Gasteiger partial charge >= 0.3 is 0 Å². The Hall–Kier alpha value is -3.85. The first-order valence-corrected chi connectivity index (χ1v) is 14.2. The van der Waals surface area contributed by atoms with E-state index >= 15 is 0 Å². The highest BCUT2D eigenvalue weighted by atomic mass is 32.2. The van der Waals surface area contributed by atoms with Crippen LogP contribution >= 0.6 is 0 Å². The van der Waals surface area contributed by atoms with Crippen LogP contribution in [0.2, 0.25) is 0 Å². The molecule has 0 saturated carbocycles. The largest absolute Gasteiger partial charge is 0.495 e. The lowest BCUT2D eigenvalue weighted by Crippen LogP contribution is -2.31. The zero-order valence-corrected chi connectivity index (χ0v) is 23.3. The first-order chi connectivity index (χ1) is 17.9. The molecule has 202 valence electrons. The van der Waals surface area contributed by atoms with E-state index in [-0.39, 0.29) is 30.2 Å². The van der Waals surface area contributed by atoms with Crippen molar-refractivity contribution in [1.82, 2.24) is 0 Å². The molecule has 0 bridgehead atoms. The van der Waals surface area contributed by atoms with Crippen LogP contribution in [0.5, 0.6) is 5.75 Å². The van der Waals surface area contributed by atoms with Crippen LogP contribution in [0.3, 0.4) is 0 Å². The third-order valence-electron chi connectivity index (χ3n) is 5.94. The molecule has 3 aromatic carbocycles. The second kappa shape index (κ2) is 12.1. The Morgan fingerprint density at radius 3 is 2.13 bits per heavy atom. The molecule has 0 saturated heterocycles. The Kier molecular flexibility index (Phi) is 9.17. The van der Waals surface area contributed by atoms with E-state index in [2.05, 4.69) is 31.4 Å². The predicted molar refractivity (Wildman–Crippen MR) is 153 cm³/mol. The van der Waals surface area contributed by atoms with Gasteiger partial charge in [-0.05, 0) is 59.9 Å². The monoisotopic (exact) mass is 537 g/mol. The first-order valence-electron chi connectivity index (χ1n) is 12.3. The fraction of sp³-hybridized carbons (Fsp3) is 0.310. The van der Waals surface area contributed by atoms with Gasteiger partial charge in [0.25, 0.3) is 5.91 Å². The predicted octanol–water partition coefficient (Wildman–Crippen LogP) is 5.43. The fourth-order valence-corrected chi connectivity index (χ4v) is 4.88. The molecule has 0 aliphatic carbocycles. The van der Waals surface area contributed by atoms with E-state index in [1.807, 2.05) is 12.1 Å². The number of amides is 2. The number of para-hydroxylation sites is 2. The van der Waals surface area contributed by atoms with Gasteiger partial charge in [-0.2, -0.15) is 0 Å². The van der Waals surface area contributed by atoms with Crippen molar-refractivity contribution >= 4 is 38.9 Å². The van der Waals surface area contributed by atoms with Crippen LogP contribution in [0.25, 0.3) is 0 Å². The van der Waals surface area contributed by atoms with Gasteiger partial charge in [-0.3, -0.25) is 13.9 Å². The van der Waals surface area contributed by atoms with Gasteiger partial charge in [0.05, 0.1) is 19.1 Å². The van der Waals surface area contributed by atoms with Crippen LogP contribution in [0.4, 0.5) is 17.1 Å². The molecule has 38 heavy (non-hydrogen) atoms. The van der Waals surface area contributed by atoms with Gasteiger partial charge in [-0.15, -0.1) is 0 Å². The van der Waals surface area contributed by atoms with Crippen LogP contribution in [-0.4, -0.2) is 40.1 Å². The second-order valence-electron chi connectivity index (χ2n) is 10.0. The number of rotatable bonds is 10. The van der Waals surface area contributed by atoms with E-state index in [9.17, 15) is 18.0 Å². The van der Waals surface area contributed by atoms with Crippen molar-refractivity contribution in [3.63, 3.8) is 0 Å². The van der Waals surface area contributed by atoms with Crippen molar-refractivity contribution in [2.24, 2.45) is 0 Å². The summed E-state index contributed by atoms with van der Waals surface area (Å²) >= 11 is 0. The van der Waals surface area contributed by atoms with Gasteiger partial charge in [0.2, 0.25) is 15.9 Å². The molecule has 3 aromatic rings. The molecule has 0 atom stereocenters. The SMILES string of the molecule is COc1ccccc1N(CCCC(=O)Nc1cccc(NC(=O)c2ccc(C(C)(C)C)cc2)c1)S(C)(=O)=O. The van der Waals surface area contributed by atoms with E-state index in [0.29, 0.717) is 34.8 Å². The Labute approximate surface area is 225 Å². The van der Waals surface area contributed by atoms with Crippen molar-refractivity contribution in [3.8, 4) is 5.75 Å². The average molecular weight is 538 g/mol. The molecule has 3 rings (SSSR count). The highest BCUT2D eigenvalue weighted by Crippen LogP contribution is 2.30.